The van der Waals surface area contributed by atoms with Gasteiger partial charge in [0.1, 0.15) is 0 Å². The average Bonchev–Trinajstić information content (AvgIpc) is 2.59. The van der Waals surface area contributed by atoms with Crippen LogP contribution in [0.25, 0.3) is 10.2 Å². The second kappa shape index (κ2) is 3.81. The second-order valence-electron chi connectivity index (χ2n) is 6.69. The molecule has 2 aromatic rings. The Kier molecular flexibility index (Phi) is 2.81. The zero-order valence-electron chi connectivity index (χ0n) is 11.6. The molecule has 0 unspecified atom stereocenters. The number of aromatic nitrogens is 1. The first-order valence-electron chi connectivity index (χ1n) is 6.09. The lowest BCUT2D eigenvalue weighted by Gasteiger charge is -2.28. The number of pyridine rings is 1. The lowest BCUT2D eigenvalue weighted by Crippen LogP contribution is -2.23. The van der Waals surface area contributed by atoms with E-state index in [1.54, 1.807) is 11.3 Å². The van der Waals surface area contributed by atoms with Crippen LogP contribution in [-0.4, -0.2) is 4.98 Å². The zero-order chi connectivity index (χ0) is 12.8. The fraction of sp³-hybridized carbons (Fsp3) is 0.533. The third-order valence-electron chi connectivity index (χ3n) is 2.95. The molecule has 17 heavy (non-hydrogen) atoms. The predicted octanol–water partition coefficient (Wildman–Crippen LogP) is 4.89. The maximum atomic E-state index is 4.88. The molecule has 2 rings (SSSR count). The third-order valence-corrected chi connectivity index (χ3v) is 3.81. The molecule has 0 aliphatic rings. The van der Waals surface area contributed by atoms with Gasteiger partial charge >= 0.3 is 0 Å². The number of hydrogen-bond donors (Lipinski definition) is 0. The van der Waals surface area contributed by atoms with E-state index in [1.807, 2.05) is 0 Å². The van der Waals surface area contributed by atoms with Crippen LogP contribution in [0.5, 0.6) is 0 Å². The third kappa shape index (κ3) is 2.37. The molecular formula is C15H21NS. The van der Waals surface area contributed by atoms with Crippen molar-refractivity contribution in [1.29, 1.82) is 0 Å². The fourth-order valence-corrected chi connectivity index (χ4v) is 2.80. The second-order valence-corrected chi connectivity index (χ2v) is 7.64. The monoisotopic (exact) mass is 247 g/mol. The van der Waals surface area contributed by atoms with E-state index in [9.17, 15) is 0 Å². The Morgan fingerprint density at radius 2 is 1.65 bits per heavy atom. The van der Waals surface area contributed by atoms with Gasteiger partial charge in [0.2, 0.25) is 0 Å². The summed E-state index contributed by atoms with van der Waals surface area (Å²) in [7, 11) is 0. The van der Waals surface area contributed by atoms with E-state index in [2.05, 4.69) is 59.1 Å². The van der Waals surface area contributed by atoms with Crippen LogP contribution in [0.4, 0.5) is 0 Å². The van der Waals surface area contributed by atoms with Crippen LogP contribution in [0.2, 0.25) is 0 Å². The van der Waals surface area contributed by atoms with Gasteiger partial charge in [-0.15, -0.1) is 11.3 Å². The van der Waals surface area contributed by atoms with Crippen molar-refractivity contribution in [2.24, 2.45) is 0 Å². The molecule has 0 aliphatic carbocycles. The van der Waals surface area contributed by atoms with Gasteiger partial charge in [0.25, 0.3) is 0 Å². The van der Waals surface area contributed by atoms with E-state index < -0.39 is 0 Å². The largest absolute Gasteiger partial charge is 0.251 e. The Morgan fingerprint density at radius 1 is 1.00 bits per heavy atom. The summed E-state index contributed by atoms with van der Waals surface area (Å²) in [4.78, 5) is 4.88. The predicted molar refractivity (Wildman–Crippen MR) is 77.0 cm³/mol. The molecule has 0 spiro atoms. The lowest BCUT2D eigenvalue weighted by molar-refractivity contribution is 0.517. The fourth-order valence-electron chi connectivity index (χ4n) is 2.04. The van der Waals surface area contributed by atoms with E-state index in [0.29, 0.717) is 0 Å². The van der Waals surface area contributed by atoms with Crippen molar-refractivity contribution in [2.45, 2.75) is 52.4 Å². The van der Waals surface area contributed by atoms with Gasteiger partial charge in [-0.2, -0.15) is 0 Å². The van der Waals surface area contributed by atoms with Crippen molar-refractivity contribution in [2.75, 3.05) is 0 Å². The topological polar surface area (TPSA) is 12.9 Å². The van der Waals surface area contributed by atoms with Crippen LogP contribution in [0.1, 0.15) is 52.8 Å². The smallest absolute Gasteiger partial charge is 0.0813 e. The Morgan fingerprint density at radius 3 is 2.18 bits per heavy atom. The van der Waals surface area contributed by atoms with E-state index >= 15 is 0 Å². The quantitative estimate of drug-likeness (QED) is 0.646. The maximum absolute atomic E-state index is 4.88. The molecule has 2 heteroatoms. The minimum atomic E-state index is 0.0960. The molecule has 0 fully saturated rings. The van der Waals surface area contributed by atoms with E-state index in [1.165, 1.54) is 16.0 Å². The SMILES string of the molecule is CC(C)(C)c1cc2sccc2nc1C(C)(C)C. The number of nitrogens with zero attached hydrogens (tertiary/aromatic N) is 1. The first-order valence-corrected chi connectivity index (χ1v) is 6.97. The minimum Gasteiger partial charge on any atom is -0.251 e. The number of fused-ring (bicyclic) bond motifs is 1. The molecule has 0 saturated heterocycles. The summed E-state index contributed by atoms with van der Waals surface area (Å²) in [5, 5.41) is 2.12. The van der Waals surface area contributed by atoms with Crippen LogP contribution in [0, 0.1) is 0 Å². The van der Waals surface area contributed by atoms with Crippen molar-refractivity contribution in [1.82, 2.24) is 4.98 Å². The van der Waals surface area contributed by atoms with Crippen molar-refractivity contribution in [3.63, 3.8) is 0 Å². The maximum Gasteiger partial charge on any atom is 0.0813 e. The summed E-state index contributed by atoms with van der Waals surface area (Å²) in [5.74, 6) is 0. The molecule has 0 aromatic carbocycles. The molecule has 0 radical (unpaired) electrons. The Bertz CT molecular complexity index is 490. The van der Waals surface area contributed by atoms with Gasteiger partial charge < -0.3 is 0 Å². The van der Waals surface area contributed by atoms with E-state index in [4.69, 9.17) is 4.98 Å². The van der Waals surface area contributed by atoms with Crippen molar-refractivity contribution in [3.05, 3.63) is 28.8 Å². The Balaban J connectivity index is 2.78. The minimum absolute atomic E-state index is 0.0960. The summed E-state index contributed by atoms with van der Waals surface area (Å²) in [6.07, 6.45) is 0. The van der Waals surface area contributed by atoms with Gasteiger partial charge in [-0.1, -0.05) is 41.5 Å². The van der Waals surface area contributed by atoms with Crippen molar-refractivity contribution < 1.29 is 0 Å². The molecule has 2 heterocycles. The van der Waals surface area contributed by atoms with Gasteiger partial charge in [0.05, 0.1) is 15.9 Å². The molecule has 0 N–H and O–H groups in total. The normalized spacial score (nSPS) is 13.3. The molecule has 0 atom stereocenters. The van der Waals surface area contributed by atoms with Crippen LogP contribution in [0.15, 0.2) is 17.5 Å². The van der Waals surface area contributed by atoms with Crippen LogP contribution in [-0.2, 0) is 10.8 Å². The van der Waals surface area contributed by atoms with Gasteiger partial charge in [-0.25, -0.2) is 0 Å². The summed E-state index contributed by atoms with van der Waals surface area (Å²) in [5.41, 5.74) is 3.98. The van der Waals surface area contributed by atoms with Crippen LogP contribution < -0.4 is 0 Å². The van der Waals surface area contributed by atoms with Crippen LogP contribution >= 0.6 is 11.3 Å². The number of hydrogen-bond acceptors (Lipinski definition) is 2. The summed E-state index contributed by atoms with van der Waals surface area (Å²) in [6.45, 7) is 13.5. The highest BCUT2D eigenvalue weighted by Gasteiger charge is 2.27. The Labute approximate surface area is 108 Å². The van der Waals surface area contributed by atoms with Gasteiger partial charge in [0, 0.05) is 5.41 Å². The van der Waals surface area contributed by atoms with Gasteiger partial charge in [-0.05, 0) is 28.5 Å². The molecule has 1 nitrogen and oxygen atoms in total. The summed E-state index contributed by atoms with van der Waals surface area (Å²) in [6, 6.07) is 4.44. The zero-order valence-corrected chi connectivity index (χ0v) is 12.4. The highest BCUT2D eigenvalue weighted by molar-refractivity contribution is 7.17. The molecule has 2 aromatic heterocycles. The standard InChI is InChI=1S/C15H21NS/c1-14(2,3)10-9-12-11(7-8-17-12)16-13(10)15(4,5)6/h7-9H,1-6H3. The average molecular weight is 247 g/mol. The molecule has 0 amide bonds. The van der Waals surface area contributed by atoms with Gasteiger partial charge in [-0.3, -0.25) is 4.98 Å². The molecular weight excluding hydrogens is 226 g/mol. The highest BCUT2D eigenvalue weighted by atomic mass is 32.1. The van der Waals surface area contributed by atoms with Crippen LogP contribution in [0.3, 0.4) is 0 Å². The molecule has 0 aliphatic heterocycles. The Hall–Kier alpha value is -0.890. The highest BCUT2D eigenvalue weighted by Crippen LogP contribution is 2.35. The van der Waals surface area contributed by atoms with E-state index in [-0.39, 0.29) is 10.8 Å². The molecule has 0 saturated carbocycles. The number of thiophene rings is 1. The first kappa shape index (κ1) is 12.6. The number of rotatable bonds is 0. The molecule has 92 valence electrons. The molecule has 0 bridgehead atoms. The van der Waals surface area contributed by atoms with Gasteiger partial charge in [0.15, 0.2) is 0 Å². The van der Waals surface area contributed by atoms with Crippen molar-refractivity contribution >= 4 is 21.6 Å². The summed E-state index contributed by atoms with van der Waals surface area (Å²) < 4.78 is 1.29. The summed E-state index contributed by atoms with van der Waals surface area (Å²) >= 11 is 1.77. The van der Waals surface area contributed by atoms with Crippen molar-refractivity contribution in [3.8, 4) is 0 Å². The first-order chi connectivity index (χ1) is 7.69. The lowest BCUT2D eigenvalue weighted by atomic mass is 9.78. The van der Waals surface area contributed by atoms with E-state index in [0.717, 1.165) is 5.52 Å².